The number of aromatic amines is 1. The third kappa shape index (κ3) is 1.15. The summed E-state index contributed by atoms with van der Waals surface area (Å²) in [5.41, 5.74) is 6.20. The van der Waals surface area contributed by atoms with E-state index in [9.17, 15) is 0 Å². The molecule has 0 bridgehead atoms. The van der Waals surface area contributed by atoms with Gasteiger partial charge in [0.05, 0.1) is 0 Å². The van der Waals surface area contributed by atoms with Crippen LogP contribution in [0, 0.1) is 5.92 Å². The van der Waals surface area contributed by atoms with Crippen LogP contribution in [0.2, 0.25) is 0 Å². The van der Waals surface area contributed by atoms with E-state index in [1.165, 1.54) is 43.5 Å². The summed E-state index contributed by atoms with van der Waals surface area (Å²) in [7, 11) is 0. The van der Waals surface area contributed by atoms with E-state index < -0.39 is 0 Å². The van der Waals surface area contributed by atoms with Gasteiger partial charge in [-0.05, 0) is 55.2 Å². The first-order valence-electron chi connectivity index (χ1n) is 5.75. The van der Waals surface area contributed by atoms with Crippen LogP contribution in [-0.2, 0) is 19.3 Å². The Hall–Kier alpha value is -0.980. The lowest BCUT2D eigenvalue weighted by Gasteiger charge is -2.16. The smallest absolute Gasteiger partial charge is 0.0414 e. The standard InChI is InChI=1S/C13H17N/c1-9-6-7-13-11(8-9)10-4-2-3-5-12(10)14-13/h6-7,9,14H,2-5,8H2,1H3. The Bertz CT molecular complexity index is 384. The molecule has 3 rings (SSSR count). The second-order valence-corrected chi connectivity index (χ2v) is 4.72. The predicted octanol–water partition coefficient (Wildman–Crippen LogP) is 3.10. The van der Waals surface area contributed by atoms with E-state index in [1.807, 2.05) is 0 Å². The molecule has 0 aromatic carbocycles. The molecule has 0 saturated heterocycles. The zero-order valence-corrected chi connectivity index (χ0v) is 8.77. The van der Waals surface area contributed by atoms with E-state index in [4.69, 9.17) is 0 Å². The fourth-order valence-electron chi connectivity index (χ4n) is 2.80. The Morgan fingerprint density at radius 2 is 2.07 bits per heavy atom. The molecule has 0 fully saturated rings. The molecule has 14 heavy (non-hydrogen) atoms. The quantitative estimate of drug-likeness (QED) is 0.642. The van der Waals surface area contributed by atoms with E-state index >= 15 is 0 Å². The van der Waals surface area contributed by atoms with Crippen molar-refractivity contribution >= 4 is 6.08 Å². The van der Waals surface area contributed by atoms with Crippen LogP contribution in [0.3, 0.4) is 0 Å². The number of aromatic nitrogens is 1. The molecule has 1 heteroatoms. The van der Waals surface area contributed by atoms with E-state index in [2.05, 4.69) is 24.1 Å². The van der Waals surface area contributed by atoms with Crippen LogP contribution in [0.5, 0.6) is 0 Å². The van der Waals surface area contributed by atoms with E-state index in [1.54, 1.807) is 11.1 Å². The first-order valence-corrected chi connectivity index (χ1v) is 5.75. The van der Waals surface area contributed by atoms with Crippen LogP contribution in [-0.4, -0.2) is 4.98 Å². The van der Waals surface area contributed by atoms with Gasteiger partial charge < -0.3 is 4.98 Å². The van der Waals surface area contributed by atoms with Crippen LogP contribution in [0.25, 0.3) is 6.08 Å². The highest BCUT2D eigenvalue weighted by Gasteiger charge is 2.21. The summed E-state index contributed by atoms with van der Waals surface area (Å²) in [6.07, 6.45) is 11.2. The molecule has 1 unspecified atom stereocenters. The summed E-state index contributed by atoms with van der Waals surface area (Å²) in [5.74, 6) is 0.726. The molecule has 0 radical (unpaired) electrons. The second-order valence-electron chi connectivity index (χ2n) is 4.72. The van der Waals surface area contributed by atoms with Gasteiger partial charge in [-0.2, -0.15) is 0 Å². The van der Waals surface area contributed by atoms with Crippen molar-refractivity contribution in [1.82, 2.24) is 4.98 Å². The molecule has 2 aliphatic rings. The normalized spacial score (nSPS) is 24.5. The second kappa shape index (κ2) is 3.01. The topological polar surface area (TPSA) is 15.8 Å². The maximum Gasteiger partial charge on any atom is 0.0414 e. The van der Waals surface area contributed by atoms with Gasteiger partial charge >= 0.3 is 0 Å². The van der Waals surface area contributed by atoms with E-state index in [0.29, 0.717) is 0 Å². The minimum absolute atomic E-state index is 0.726. The number of nitrogens with one attached hydrogen (secondary N) is 1. The van der Waals surface area contributed by atoms with Crippen molar-refractivity contribution in [2.24, 2.45) is 5.92 Å². The summed E-state index contributed by atoms with van der Waals surface area (Å²) < 4.78 is 0. The number of fused-ring (bicyclic) bond motifs is 3. The maximum absolute atomic E-state index is 3.59. The zero-order chi connectivity index (χ0) is 9.54. The van der Waals surface area contributed by atoms with Crippen molar-refractivity contribution in [1.29, 1.82) is 0 Å². The highest BCUT2D eigenvalue weighted by Crippen LogP contribution is 2.32. The molecule has 0 amide bonds. The molecule has 1 N–H and O–H groups in total. The van der Waals surface area contributed by atoms with Gasteiger partial charge in [-0.15, -0.1) is 0 Å². The number of H-pyrrole nitrogens is 1. The van der Waals surface area contributed by atoms with Gasteiger partial charge in [0.25, 0.3) is 0 Å². The Morgan fingerprint density at radius 3 is 3.00 bits per heavy atom. The first kappa shape index (κ1) is 8.34. The summed E-state index contributed by atoms with van der Waals surface area (Å²) in [4.78, 5) is 3.59. The van der Waals surface area contributed by atoms with Crippen molar-refractivity contribution in [2.75, 3.05) is 0 Å². The molecule has 1 atom stereocenters. The number of rotatable bonds is 0. The lowest BCUT2D eigenvalue weighted by atomic mass is 9.88. The molecule has 1 nitrogen and oxygen atoms in total. The number of hydrogen-bond acceptors (Lipinski definition) is 0. The van der Waals surface area contributed by atoms with Gasteiger partial charge in [-0.25, -0.2) is 0 Å². The third-order valence-corrected chi connectivity index (χ3v) is 3.56. The molecule has 2 aliphatic carbocycles. The van der Waals surface area contributed by atoms with Gasteiger partial charge in [0.15, 0.2) is 0 Å². The average molecular weight is 187 g/mol. The predicted molar refractivity (Wildman–Crippen MR) is 59.3 cm³/mol. The zero-order valence-electron chi connectivity index (χ0n) is 8.77. The maximum atomic E-state index is 3.59. The Kier molecular flexibility index (Phi) is 1.79. The minimum atomic E-state index is 0.726. The van der Waals surface area contributed by atoms with Crippen LogP contribution in [0.4, 0.5) is 0 Å². The molecule has 0 spiro atoms. The van der Waals surface area contributed by atoms with Crippen molar-refractivity contribution in [3.05, 3.63) is 28.6 Å². The van der Waals surface area contributed by atoms with Gasteiger partial charge in [-0.3, -0.25) is 0 Å². The molecular formula is C13H17N. The van der Waals surface area contributed by atoms with Crippen LogP contribution in [0.15, 0.2) is 6.08 Å². The molecule has 1 heterocycles. The lowest BCUT2D eigenvalue weighted by molar-refractivity contribution is 0.661. The number of aryl methyl sites for hydroxylation is 1. The summed E-state index contributed by atoms with van der Waals surface area (Å²) in [6.45, 7) is 2.31. The Morgan fingerprint density at radius 1 is 1.21 bits per heavy atom. The SMILES string of the molecule is CC1C=Cc2[nH]c3c(c2C1)CCCC3. The summed E-state index contributed by atoms with van der Waals surface area (Å²) >= 11 is 0. The molecule has 0 saturated carbocycles. The molecule has 74 valence electrons. The first-order chi connectivity index (χ1) is 6.84. The third-order valence-electron chi connectivity index (χ3n) is 3.56. The fourth-order valence-corrected chi connectivity index (χ4v) is 2.80. The van der Waals surface area contributed by atoms with Crippen molar-refractivity contribution < 1.29 is 0 Å². The van der Waals surface area contributed by atoms with Crippen LogP contribution >= 0.6 is 0 Å². The minimum Gasteiger partial charge on any atom is -0.358 e. The summed E-state index contributed by atoms with van der Waals surface area (Å²) in [6, 6.07) is 0. The Balaban J connectivity index is 2.11. The van der Waals surface area contributed by atoms with E-state index in [0.717, 1.165) is 5.92 Å². The van der Waals surface area contributed by atoms with Gasteiger partial charge in [0.2, 0.25) is 0 Å². The molecule has 0 aliphatic heterocycles. The lowest BCUT2D eigenvalue weighted by Crippen LogP contribution is -2.06. The van der Waals surface area contributed by atoms with Crippen LogP contribution in [0.1, 0.15) is 42.3 Å². The van der Waals surface area contributed by atoms with Gasteiger partial charge in [0.1, 0.15) is 0 Å². The monoisotopic (exact) mass is 187 g/mol. The van der Waals surface area contributed by atoms with Crippen molar-refractivity contribution in [3.8, 4) is 0 Å². The van der Waals surface area contributed by atoms with Crippen molar-refractivity contribution in [3.63, 3.8) is 0 Å². The Labute approximate surface area is 85.2 Å². The van der Waals surface area contributed by atoms with Gasteiger partial charge in [0, 0.05) is 11.4 Å². The molecule has 1 aromatic heterocycles. The highest BCUT2D eigenvalue weighted by atomic mass is 14.7. The van der Waals surface area contributed by atoms with Crippen LogP contribution < -0.4 is 0 Å². The van der Waals surface area contributed by atoms with E-state index in [-0.39, 0.29) is 0 Å². The van der Waals surface area contributed by atoms with Gasteiger partial charge in [-0.1, -0.05) is 13.0 Å². The number of hydrogen-bond donors (Lipinski definition) is 1. The number of allylic oxidation sites excluding steroid dienone is 1. The summed E-state index contributed by atoms with van der Waals surface area (Å²) in [5, 5.41) is 0. The fraction of sp³-hybridized carbons (Fsp3) is 0.538. The largest absolute Gasteiger partial charge is 0.358 e. The van der Waals surface area contributed by atoms with Crippen molar-refractivity contribution in [2.45, 2.75) is 39.0 Å². The average Bonchev–Trinajstić information content (AvgIpc) is 2.56. The molecule has 1 aromatic rings. The molecular weight excluding hydrogens is 170 g/mol. The highest BCUT2D eigenvalue weighted by molar-refractivity contribution is 5.58.